The fraction of sp³-hybridized carbons (Fsp3) is 0.409. The topological polar surface area (TPSA) is 54.0 Å². The van der Waals surface area contributed by atoms with E-state index in [1.807, 2.05) is 44.2 Å². The van der Waals surface area contributed by atoms with Crippen molar-refractivity contribution < 1.29 is 23.6 Å². The van der Waals surface area contributed by atoms with E-state index in [0.717, 1.165) is 11.8 Å². The van der Waals surface area contributed by atoms with E-state index in [1.54, 1.807) is 12.1 Å². The number of rotatable bonds is 7. The van der Waals surface area contributed by atoms with Crippen molar-refractivity contribution in [3.8, 4) is 11.5 Å². The highest BCUT2D eigenvalue weighted by molar-refractivity contribution is 6.64. The largest absolute Gasteiger partial charge is 0.498 e. The van der Waals surface area contributed by atoms with Crippen molar-refractivity contribution in [2.75, 3.05) is 13.2 Å². The lowest BCUT2D eigenvalue weighted by Crippen LogP contribution is -2.49. The molecule has 5 nitrogen and oxygen atoms in total. The number of aldehydes is 1. The Balaban J connectivity index is 1.94. The zero-order valence-corrected chi connectivity index (χ0v) is 16.9. The van der Waals surface area contributed by atoms with Gasteiger partial charge in [0.25, 0.3) is 0 Å². The molecule has 1 heterocycles. The van der Waals surface area contributed by atoms with E-state index in [4.69, 9.17) is 18.8 Å². The lowest BCUT2D eigenvalue weighted by molar-refractivity contribution is 0.0339. The molecule has 0 amide bonds. The molecular weight excluding hydrogens is 355 g/mol. The van der Waals surface area contributed by atoms with Gasteiger partial charge in [0.05, 0.1) is 6.10 Å². The lowest BCUT2D eigenvalue weighted by atomic mass is 9.72. The smallest absolute Gasteiger partial charge is 0.487 e. The van der Waals surface area contributed by atoms with Crippen LogP contribution in [0.2, 0.25) is 0 Å². The Morgan fingerprint density at radius 1 is 1.11 bits per heavy atom. The Morgan fingerprint density at radius 3 is 2.39 bits per heavy atom. The third-order valence-electron chi connectivity index (χ3n) is 4.40. The van der Waals surface area contributed by atoms with Crippen LogP contribution >= 0.6 is 0 Å². The molecule has 148 valence electrons. The van der Waals surface area contributed by atoms with Gasteiger partial charge in [-0.05, 0) is 31.5 Å². The van der Waals surface area contributed by atoms with Crippen LogP contribution in [0.5, 0.6) is 11.5 Å². The van der Waals surface area contributed by atoms with Crippen LogP contribution in [0.4, 0.5) is 0 Å². The summed E-state index contributed by atoms with van der Waals surface area (Å²) in [6, 6.07) is 13.4. The van der Waals surface area contributed by atoms with E-state index in [2.05, 4.69) is 13.8 Å². The van der Waals surface area contributed by atoms with Crippen molar-refractivity contribution in [2.45, 2.75) is 40.4 Å². The van der Waals surface area contributed by atoms with Gasteiger partial charge in [-0.1, -0.05) is 44.2 Å². The van der Waals surface area contributed by atoms with Gasteiger partial charge in [-0.25, -0.2) is 0 Å². The van der Waals surface area contributed by atoms with Crippen LogP contribution in [0.1, 0.15) is 43.6 Å². The molecule has 2 aromatic rings. The molecule has 6 heteroatoms. The molecule has 0 aliphatic carbocycles. The molecule has 1 fully saturated rings. The number of hydrogen-bond acceptors (Lipinski definition) is 5. The van der Waals surface area contributed by atoms with E-state index < -0.39 is 7.12 Å². The molecule has 28 heavy (non-hydrogen) atoms. The Bertz CT molecular complexity index is 794. The van der Waals surface area contributed by atoms with E-state index in [9.17, 15) is 4.79 Å². The first kappa shape index (κ1) is 20.4. The molecule has 3 rings (SSSR count). The van der Waals surface area contributed by atoms with E-state index in [-0.39, 0.29) is 11.5 Å². The highest BCUT2D eigenvalue weighted by Crippen LogP contribution is 2.31. The Morgan fingerprint density at radius 2 is 1.79 bits per heavy atom. The van der Waals surface area contributed by atoms with Gasteiger partial charge in [0, 0.05) is 29.7 Å². The van der Waals surface area contributed by atoms with Gasteiger partial charge in [0.1, 0.15) is 12.9 Å². The van der Waals surface area contributed by atoms with Crippen LogP contribution in [0.3, 0.4) is 0 Å². The summed E-state index contributed by atoms with van der Waals surface area (Å²) in [4.78, 5) is 11.7. The first-order valence-electron chi connectivity index (χ1n) is 9.58. The zero-order chi connectivity index (χ0) is 20.1. The number of carbonyl (C=O) groups excluding carboxylic acids is 1. The quantitative estimate of drug-likeness (QED) is 0.541. The first-order chi connectivity index (χ1) is 13.4. The highest BCUT2D eigenvalue weighted by atomic mass is 16.6. The monoisotopic (exact) mass is 382 g/mol. The summed E-state index contributed by atoms with van der Waals surface area (Å²) in [5, 5.41) is 0. The van der Waals surface area contributed by atoms with Gasteiger partial charge in [-0.15, -0.1) is 0 Å². The Labute approximate surface area is 167 Å². The van der Waals surface area contributed by atoms with Crippen LogP contribution in [0.25, 0.3) is 0 Å². The molecule has 0 N–H and O–H groups in total. The molecule has 0 aromatic heterocycles. The minimum absolute atomic E-state index is 0.0711. The molecule has 1 saturated heterocycles. The Hall–Kier alpha value is -2.31. The molecule has 2 aromatic carbocycles. The summed E-state index contributed by atoms with van der Waals surface area (Å²) in [5.41, 5.74) is 2.04. The van der Waals surface area contributed by atoms with Crippen LogP contribution in [-0.2, 0) is 15.9 Å². The number of ether oxygens (including phenoxy) is 2. The second-order valence-corrected chi connectivity index (χ2v) is 8.07. The van der Waals surface area contributed by atoms with Crippen LogP contribution in [0, 0.1) is 5.41 Å². The van der Waals surface area contributed by atoms with E-state index >= 15 is 0 Å². The third-order valence-corrected chi connectivity index (χ3v) is 4.40. The maximum atomic E-state index is 11.7. The predicted molar refractivity (Wildman–Crippen MR) is 109 cm³/mol. The number of benzene rings is 2. The molecule has 1 aliphatic heterocycles. The second kappa shape index (κ2) is 8.80. The van der Waals surface area contributed by atoms with Gasteiger partial charge in [0.2, 0.25) is 0 Å². The van der Waals surface area contributed by atoms with Crippen molar-refractivity contribution in [3.05, 3.63) is 53.6 Å². The van der Waals surface area contributed by atoms with Crippen molar-refractivity contribution in [1.82, 2.24) is 0 Å². The minimum atomic E-state index is -0.665. The summed E-state index contributed by atoms with van der Waals surface area (Å²) in [6.45, 7) is 9.49. The van der Waals surface area contributed by atoms with Crippen LogP contribution in [0.15, 0.2) is 42.5 Å². The van der Waals surface area contributed by atoms with E-state index in [0.29, 0.717) is 42.3 Å². The van der Waals surface area contributed by atoms with Crippen molar-refractivity contribution >= 4 is 18.9 Å². The van der Waals surface area contributed by atoms with Gasteiger partial charge in [0.15, 0.2) is 11.5 Å². The molecule has 0 spiro atoms. The summed E-state index contributed by atoms with van der Waals surface area (Å²) in [6.07, 6.45) is 0.704. The summed E-state index contributed by atoms with van der Waals surface area (Å²) < 4.78 is 24.0. The van der Waals surface area contributed by atoms with Crippen molar-refractivity contribution in [1.29, 1.82) is 0 Å². The molecule has 1 aliphatic rings. The number of carbonyl (C=O) groups is 1. The fourth-order valence-corrected chi connectivity index (χ4v) is 3.01. The van der Waals surface area contributed by atoms with E-state index in [1.165, 1.54) is 0 Å². The van der Waals surface area contributed by atoms with Gasteiger partial charge in [-0.3, -0.25) is 4.79 Å². The van der Waals surface area contributed by atoms with Crippen LogP contribution in [-0.4, -0.2) is 32.7 Å². The van der Waals surface area contributed by atoms with Crippen LogP contribution < -0.4 is 14.9 Å². The average molecular weight is 382 g/mol. The lowest BCUT2D eigenvalue weighted by Gasteiger charge is -2.34. The zero-order valence-electron chi connectivity index (χ0n) is 16.9. The van der Waals surface area contributed by atoms with Crippen molar-refractivity contribution in [2.24, 2.45) is 5.41 Å². The first-order valence-corrected chi connectivity index (χ1v) is 9.58. The molecule has 0 unspecified atom stereocenters. The highest BCUT2D eigenvalue weighted by Gasteiger charge is 2.38. The second-order valence-electron chi connectivity index (χ2n) is 8.07. The normalized spacial score (nSPS) is 16.1. The van der Waals surface area contributed by atoms with Gasteiger partial charge in [-0.2, -0.15) is 0 Å². The molecule has 0 radical (unpaired) electrons. The number of hydrogen-bond donors (Lipinski definition) is 0. The summed E-state index contributed by atoms with van der Waals surface area (Å²) >= 11 is 0. The Kier molecular flexibility index (Phi) is 6.42. The minimum Gasteiger partial charge on any atom is -0.487 e. The molecule has 0 atom stereocenters. The fourth-order valence-electron chi connectivity index (χ4n) is 3.01. The maximum Gasteiger partial charge on any atom is 0.498 e. The molecule has 0 saturated carbocycles. The van der Waals surface area contributed by atoms with Gasteiger partial charge < -0.3 is 18.8 Å². The van der Waals surface area contributed by atoms with Crippen molar-refractivity contribution in [3.63, 3.8) is 0 Å². The average Bonchev–Trinajstić information content (AvgIpc) is 2.67. The third kappa shape index (κ3) is 4.94. The predicted octanol–water partition coefficient (Wildman–Crippen LogP) is 3.63. The molecule has 0 bridgehead atoms. The SMILES string of the molecule is CC(C)Oc1c(OCc2ccccc2)ccc(C=O)c1B1OCC(C)(C)CO1. The molecular formula is C22H27BO5. The summed E-state index contributed by atoms with van der Waals surface area (Å²) in [5.74, 6) is 1.07. The van der Waals surface area contributed by atoms with Gasteiger partial charge >= 0.3 is 7.12 Å². The standard InChI is InChI=1S/C22H27BO5/c1-16(2)28-21-19(25-13-17-8-6-5-7-9-17)11-10-18(12-24)20(21)23-26-14-22(3,4)15-27-23/h5-12,16H,13-15H2,1-4H3. The summed E-state index contributed by atoms with van der Waals surface area (Å²) in [7, 11) is -0.665. The maximum absolute atomic E-state index is 11.7.